The van der Waals surface area contributed by atoms with Gasteiger partial charge in [0.05, 0.1) is 0 Å². The molecule has 0 aliphatic rings. The lowest BCUT2D eigenvalue weighted by Gasteiger charge is -2.23. The van der Waals surface area contributed by atoms with Crippen LogP contribution >= 0.6 is 0 Å². The van der Waals surface area contributed by atoms with Crippen molar-refractivity contribution in [2.24, 2.45) is 11.8 Å². The van der Waals surface area contributed by atoms with Gasteiger partial charge in [-0.25, -0.2) is 9.59 Å². The van der Waals surface area contributed by atoms with Gasteiger partial charge in [-0.2, -0.15) is 0 Å². The van der Waals surface area contributed by atoms with Gasteiger partial charge in [0.1, 0.15) is 6.10 Å². The van der Waals surface area contributed by atoms with Crippen molar-refractivity contribution in [3.05, 3.63) is 11.1 Å². The molecule has 0 spiro atoms. The second kappa shape index (κ2) is 10.4. The van der Waals surface area contributed by atoms with Crippen LogP contribution in [0.3, 0.4) is 0 Å². The number of carboxylic acid groups (broad SMARTS) is 1. The summed E-state index contributed by atoms with van der Waals surface area (Å²) in [4.78, 5) is 24.1. The lowest BCUT2D eigenvalue weighted by atomic mass is 9.93. The van der Waals surface area contributed by atoms with Gasteiger partial charge in [0.15, 0.2) is 0 Å². The Balaban J connectivity index is 5.45. The Kier molecular flexibility index (Phi) is 9.79. The van der Waals surface area contributed by atoms with E-state index in [2.05, 4.69) is 0 Å². The molecule has 0 rings (SSSR count). The Morgan fingerprint density at radius 1 is 1.05 bits per heavy atom. The molecule has 0 aromatic heterocycles. The van der Waals surface area contributed by atoms with Crippen LogP contribution in [0.15, 0.2) is 11.1 Å². The van der Waals surface area contributed by atoms with Crippen LogP contribution in [0.1, 0.15) is 73.6 Å². The highest BCUT2D eigenvalue weighted by Gasteiger charge is 2.26. The topological polar surface area (TPSA) is 63.6 Å². The maximum atomic E-state index is 12.5. The molecule has 1 unspecified atom stereocenters. The van der Waals surface area contributed by atoms with Crippen LogP contribution in [-0.4, -0.2) is 23.1 Å². The van der Waals surface area contributed by atoms with Gasteiger partial charge in [0.25, 0.3) is 0 Å². The molecule has 0 saturated heterocycles. The van der Waals surface area contributed by atoms with Crippen molar-refractivity contribution in [1.82, 2.24) is 0 Å². The first-order valence-electron chi connectivity index (χ1n) is 8.43. The summed E-state index contributed by atoms with van der Waals surface area (Å²) in [6, 6.07) is 0. The van der Waals surface area contributed by atoms with Crippen molar-refractivity contribution in [1.29, 1.82) is 0 Å². The van der Waals surface area contributed by atoms with E-state index in [4.69, 9.17) is 4.74 Å². The Morgan fingerprint density at radius 3 is 2.00 bits per heavy atom. The molecule has 0 aliphatic carbocycles. The molecule has 1 N–H and O–H groups in total. The summed E-state index contributed by atoms with van der Waals surface area (Å²) in [5.41, 5.74) is 0.531. The van der Waals surface area contributed by atoms with E-state index in [-0.39, 0.29) is 23.5 Å². The van der Waals surface area contributed by atoms with Gasteiger partial charge in [-0.1, -0.05) is 54.4 Å². The molecule has 22 heavy (non-hydrogen) atoms. The third-order valence-corrected chi connectivity index (χ3v) is 3.73. The van der Waals surface area contributed by atoms with Crippen LogP contribution in [0.2, 0.25) is 0 Å². The summed E-state index contributed by atoms with van der Waals surface area (Å²) in [7, 11) is 0. The largest absolute Gasteiger partial charge is 0.478 e. The fraction of sp³-hybridized carbons (Fsp3) is 0.778. The predicted octanol–water partition coefficient (Wildman–Crippen LogP) is 4.58. The lowest BCUT2D eigenvalue weighted by molar-refractivity contribution is -0.148. The predicted molar refractivity (Wildman–Crippen MR) is 88.7 cm³/mol. The van der Waals surface area contributed by atoms with Crippen LogP contribution in [0.4, 0.5) is 0 Å². The molecule has 128 valence electrons. The number of unbranched alkanes of at least 4 members (excludes halogenated alkanes) is 1. The van der Waals surface area contributed by atoms with Crippen molar-refractivity contribution < 1.29 is 19.4 Å². The van der Waals surface area contributed by atoms with E-state index in [1.165, 1.54) is 0 Å². The van der Waals surface area contributed by atoms with Crippen molar-refractivity contribution in [3.63, 3.8) is 0 Å². The molecule has 0 aromatic rings. The van der Waals surface area contributed by atoms with Crippen molar-refractivity contribution >= 4 is 11.9 Å². The standard InChI is InChI=1S/C18H32O4/c1-7-9-11-14(16(13(5)6)17(19)20)18(21)22-15(10-8-2)12(3)4/h12-13,15H,7-11H2,1-6H3,(H,19,20)/b16-14-. The quantitative estimate of drug-likeness (QED) is 0.473. The molecule has 1 atom stereocenters. The molecule has 4 nitrogen and oxygen atoms in total. The van der Waals surface area contributed by atoms with E-state index in [9.17, 15) is 14.7 Å². The normalized spacial score (nSPS) is 14.0. The molecule has 0 aliphatic heterocycles. The minimum Gasteiger partial charge on any atom is -0.478 e. The van der Waals surface area contributed by atoms with E-state index in [1.807, 2.05) is 27.7 Å². The number of carbonyl (C=O) groups excluding carboxylic acids is 1. The summed E-state index contributed by atoms with van der Waals surface area (Å²) < 4.78 is 5.63. The minimum atomic E-state index is -1.02. The van der Waals surface area contributed by atoms with Crippen LogP contribution in [0.5, 0.6) is 0 Å². The van der Waals surface area contributed by atoms with E-state index in [0.29, 0.717) is 12.0 Å². The Labute approximate surface area is 134 Å². The maximum absolute atomic E-state index is 12.5. The molecule has 0 fully saturated rings. The highest BCUT2D eigenvalue weighted by molar-refractivity contribution is 5.99. The van der Waals surface area contributed by atoms with Gasteiger partial charge < -0.3 is 9.84 Å². The van der Waals surface area contributed by atoms with Crippen LogP contribution in [0.25, 0.3) is 0 Å². The van der Waals surface area contributed by atoms with Crippen LogP contribution in [-0.2, 0) is 14.3 Å². The monoisotopic (exact) mass is 312 g/mol. The van der Waals surface area contributed by atoms with Crippen LogP contribution < -0.4 is 0 Å². The zero-order valence-electron chi connectivity index (χ0n) is 14.9. The zero-order chi connectivity index (χ0) is 17.3. The smallest absolute Gasteiger partial charge is 0.334 e. The molecule has 4 heteroatoms. The number of hydrogen-bond acceptors (Lipinski definition) is 3. The lowest BCUT2D eigenvalue weighted by Crippen LogP contribution is -2.26. The van der Waals surface area contributed by atoms with Gasteiger partial charge in [0.2, 0.25) is 0 Å². The number of ether oxygens (including phenoxy) is 1. The number of carbonyl (C=O) groups is 2. The number of carboxylic acids is 1. The molecule has 0 radical (unpaired) electrons. The maximum Gasteiger partial charge on any atom is 0.334 e. The van der Waals surface area contributed by atoms with Crippen molar-refractivity contribution in [2.45, 2.75) is 79.8 Å². The van der Waals surface area contributed by atoms with Crippen LogP contribution in [0, 0.1) is 11.8 Å². The number of hydrogen-bond donors (Lipinski definition) is 1. The number of rotatable bonds is 10. The summed E-state index contributed by atoms with van der Waals surface area (Å²) in [5.74, 6) is -1.45. The summed E-state index contributed by atoms with van der Waals surface area (Å²) in [6.07, 6.45) is 3.73. The van der Waals surface area contributed by atoms with Gasteiger partial charge in [0, 0.05) is 11.1 Å². The first-order chi connectivity index (χ1) is 10.3. The van der Waals surface area contributed by atoms with E-state index in [1.54, 1.807) is 13.8 Å². The number of aliphatic carboxylic acids is 1. The molecular formula is C18H32O4. The van der Waals surface area contributed by atoms with E-state index in [0.717, 1.165) is 25.7 Å². The molecule has 0 heterocycles. The SMILES string of the molecule is CCCC/C(C(=O)OC(CCC)C(C)C)=C(/C(=O)O)C(C)C. The first-order valence-corrected chi connectivity index (χ1v) is 8.43. The van der Waals surface area contributed by atoms with Crippen molar-refractivity contribution in [2.75, 3.05) is 0 Å². The molecule has 0 bridgehead atoms. The second-order valence-corrected chi connectivity index (χ2v) is 6.43. The molecule has 0 amide bonds. The fourth-order valence-electron chi connectivity index (χ4n) is 2.45. The average Bonchev–Trinajstić information content (AvgIpc) is 2.41. The van der Waals surface area contributed by atoms with E-state index < -0.39 is 11.9 Å². The third kappa shape index (κ3) is 6.63. The Bertz CT molecular complexity index is 394. The van der Waals surface area contributed by atoms with Gasteiger partial charge in [-0.05, 0) is 31.1 Å². The minimum absolute atomic E-state index is 0.156. The summed E-state index contributed by atoms with van der Waals surface area (Å²) >= 11 is 0. The van der Waals surface area contributed by atoms with E-state index >= 15 is 0 Å². The average molecular weight is 312 g/mol. The highest BCUT2D eigenvalue weighted by atomic mass is 16.5. The van der Waals surface area contributed by atoms with Gasteiger partial charge in [-0.3, -0.25) is 0 Å². The summed E-state index contributed by atoms with van der Waals surface area (Å²) in [6.45, 7) is 11.7. The molecule has 0 aromatic carbocycles. The van der Waals surface area contributed by atoms with Crippen molar-refractivity contribution in [3.8, 4) is 0 Å². The fourth-order valence-corrected chi connectivity index (χ4v) is 2.45. The Morgan fingerprint density at radius 2 is 1.64 bits per heavy atom. The molecule has 0 saturated carbocycles. The zero-order valence-corrected chi connectivity index (χ0v) is 14.9. The summed E-state index contributed by atoms with van der Waals surface area (Å²) in [5, 5.41) is 9.44. The Hall–Kier alpha value is -1.32. The second-order valence-electron chi connectivity index (χ2n) is 6.43. The third-order valence-electron chi connectivity index (χ3n) is 3.73. The van der Waals surface area contributed by atoms with Gasteiger partial charge >= 0.3 is 11.9 Å². The first kappa shape index (κ1) is 20.7. The highest BCUT2D eigenvalue weighted by Crippen LogP contribution is 2.24. The molecular weight excluding hydrogens is 280 g/mol. The number of esters is 1. The van der Waals surface area contributed by atoms with Gasteiger partial charge in [-0.15, -0.1) is 0 Å².